The molecule has 0 bridgehead atoms. The standard InChI is InChI=1S/C18H24N4O3/c1-3-24-16-6-4-5-7-17(16)25-15-8-10-21(11-9-15)18(23)14(2)22-13-19-12-20-22/h4-7,12-15H,3,8-11H2,1-2H3/t14-/m1/s1. The van der Waals surface area contributed by atoms with Gasteiger partial charge in [-0.3, -0.25) is 4.79 Å². The Morgan fingerprint density at radius 3 is 2.64 bits per heavy atom. The van der Waals surface area contributed by atoms with Gasteiger partial charge in [-0.1, -0.05) is 12.1 Å². The second kappa shape index (κ2) is 8.00. The molecule has 2 aromatic rings. The zero-order valence-electron chi connectivity index (χ0n) is 14.7. The summed E-state index contributed by atoms with van der Waals surface area (Å²) in [4.78, 5) is 18.4. The van der Waals surface area contributed by atoms with Gasteiger partial charge in [0.05, 0.1) is 6.61 Å². The van der Waals surface area contributed by atoms with Gasteiger partial charge in [-0.15, -0.1) is 0 Å². The Morgan fingerprint density at radius 2 is 2.00 bits per heavy atom. The van der Waals surface area contributed by atoms with Gasteiger partial charge < -0.3 is 14.4 Å². The first-order valence-electron chi connectivity index (χ1n) is 8.70. The quantitative estimate of drug-likeness (QED) is 0.804. The molecule has 1 saturated heterocycles. The van der Waals surface area contributed by atoms with Crippen LogP contribution in [-0.4, -0.2) is 51.4 Å². The highest BCUT2D eigenvalue weighted by atomic mass is 16.5. The van der Waals surface area contributed by atoms with Crippen molar-refractivity contribution >= 4 is 5.91 Å². The molecular formula is C18H24N4O3. The number of piperidine rings is 1. The number of carbonyl (C=O) groups excluding carboxylic acids is 1. The Morgan fingerprint density at radius 1 is 1.28 bits per heavy atom. The van der Waals surface area contributed by atoms with Gasteiger partial charge in [0, 0.05) is 25.9 Å². The first-order chi connectivity index (χ1) is 12.2. The zero-order chi connectivity index (χ0) is 17.6. The molecular weight excluding hydrogens is 320 g/mol. The van der Waals surface area contributed by atoms with Crippen molar-refractivity contribution in [3.05, 3.63) is 36.9 Å². The minimum Gasteiger partial charge on any atom is -0.490 e. The number of rotatable bonds is 6. The molecule has 1 amide bonds. The van der Waals surface area contributed by atoms with E-state index in [1.54, 1.807) is 11.0 Å². The Hall–Kier alpha value is -2.57. The molecule has 1 aliphatic rings. The number of benzene rings is 1. The van der Waals surface area contributed by atoms with Crippen LogP contribution in [0.5, 0.6) is 11.5 Å². The zero-order valence-corrected chi connectivity index (χ0v) is 14.7. The fourth-order valence-corrected chi connectivity index (χ4v) is 2.99. The van der Waals surface area contributed by atoms with Crippen LogP contribution in [0.25, 0.3) is 0 Å². The van der Waals surface area contributed by atoms with Gasteiger partial charge in [-0.05, 0) is 26.0 Å². The first-order valence-corrected chi connectivity index (χ1v) is 8.70. The summed E-state index contributed by atoms with van der Waals surface area (Å²) in [5, 5.41) is 4.05. The van der Waals surface area contributed by atoms with E-state index in [4.69, 9.17) is 9.47 Å². The van der Waals surface area contributed by atoms with Gasteiger partial charge in [0.15, 0.2) is 11.5 Å². The summed E-state index contributed by atoms with van der Waals surface area (Å²) >= 11 is 0. The molecule has 1 fully saturated rings. The maximum atomic E-state index is 12.6. The molecule has 0 unspecified atom stereocenters. The van der Waals surface area contributed by atoms with Crippen LogP contribution < -0.4 is 9.47 Å². The third-order valence-electron chi connectivity index (χ3n) is 4.39. The average Bonchev–Trinajstić information content (AvgIpc) is 3.18. The van der Waals surface area contributed by atoms with Crippen molar-refractivity contribution in [1.82, 2.24) is 19.7 Å². The Bertz CT molecular complexity index is 681. The fraction of sp³-hybridized carbons (Fsp3) is 0.500. The lowest BCUT2D eigenvalue weighted by molar-refractivity contribution is -0.136. The highest BCUT2D eigenvalue weighted by molar-refractivity contribution is 5.80. The van der Waals surface area contributed by atoms with E-state index in [2.05, 4.69) is 10.1 Å². The fourth-order valence-electron chi connectivity index (χ4n) is 2.99. The molecule has 7 nitrogen and oxygen atoms in total. The Labute approximate surface area is 147 Å². The lowest BCUT2D eigenvalue weighted by Crippen LogP contribution is -2.44. The number of hydrogen-bond donors (Lipinski definition) is 0. The Kier molecular flexibility index (Phi) is 5.53. The van der Waals surface area contributed by atoms with Crippen molar-refractivity contribution in [1.29, 1.82) is 0 Å². The number of nitrogens with zero attached hydrogens (tertiary/aromatic N) is 4. The molecule has 0 N–H and O–H groups in total. The van der Waals surface area contributed by atoms with Crippen LogP contribution >= 0.6 is 0 Å². The van der Waals surface area contributed by atoms with Crippen LogP contribution in [0.15, 0.2) is 36.9 Å². The second-order valence-electron chi connectivity index (χ2n) is 6.07. The molecule has 0 radical (unpaired) electrons. The van der Waals surface area contributed by atoms with Crippen LogP contribution in [0.4, 0.5) is 0 Å². The third-order valence-corrected chi connectivity index (χ3v) is 4.39. The van der Waals surface area contributed by atoms with Gasteiger partial charge in [-0.2, -0.15) is 5.10 Å². The molecule has 3 rings (SSSR count). The number of ether oxygens (including phenoxy) is 2. The minimum atomic E-state index is -0.335. The van der Waals surface area contributed by atoms with Crippen molar-refractivity contribution in [2.75, 3.05) is 19.7 Å². The van der Waals surface area contributed by atoms with E-state index in [9.17, 15) is 4.79 Å². The monoisotopic (exact) mass is 344 g/mol. The Balaban J connectivity index is 1.54. The lowest BCUT2D eigenvalue weighted by atomic mass is 10.1. The SMILES string of the molecule is CCOc1ccccc1OC1CCN(C(=O)[C@@H](C)n2cncn2)CC1. The summed E-state index contributed by atoms with van der Waals surface area (Å²) in [6.07, 6.45) is 4.71. The van der Waals surface area contributed by atoms with E-state index in [1.807, 2.05) is 43.0 Å². The highest BCUT2D eigenvalue weighted by Gasteiger charge is 2.28. The van der Waals surface area contributed by atoms with Crippen molar-refractivity contribution < 1.29 is 14.3 Å². The molecule has 1 aromatic carbocycles. The summed E-state index contributed by atoms with van der Waals surface area (Å²) < 4.78 is 13.3. The molecule has 1 atom stereocenters. The second-order valence-corrected chi connectivity index (χ2v) is 6.07. The molecule has 0 saturated carbocycles. The van der Waals surface area contributed by atoms with Crippen LogP contribution in [0.2, 0.25) is 0 Å². The minimum absolute atomic E-state index is 0.0682. The summed E-state index contributed by atoms with van der Waals surface area (Å²) in [6.45, 7) is 5.77. The molecule has 134 valence electrons. The topological polar surface area (TPSA) is 69.5 Å². The van der Waals surface area contributed by atoms with E-state index < -0.39 is 0 Å². The molecule has 1 aliphatic heterocycles. The van der Waals surface area contributed by atoms with Gasteiger partial charge in [-0.25, -0.2) is 9.67 Å². The summed E-state index contributed by atoms with van der Waals surface area (Å²) in [6, 6.07) is 7.38. The average molecular weight is 344 g/mol. The van der Waals surface area contributed by atoms with Gasteiger partial charge >= 0.3 is 0 Å². The number of carbonyl (C=O) groups is 1. The summed E-state index contributed by atoms with van der Waals surface area (Å²) in [7, 11) is 0. The first kappa shape index (κ1) is 17.3. The predicted octanol–water partition coefficient (Wildman–Crippen LogP) is 2.31. The maximum Gasteiger partial charge on any atom is 0.247 e. The van der Waals surface area contributed by atoms with Crippen molar-refractivity contribution in [3.8, 4) is 11.5 Å². The molecule has 0 spiro atoms. The van der Waals surface area contributed by atoms with Crippen molar-refractivity contribution in [2.24, 2.45) is 0 Å². The molecule has 7 heteroatoms. The van der Waals surface area contributed by atoms with Crippen LogP contribution in [0.1, 0.15) is 32.7 Å². The maximum absolute atomic E-state index is 12.6. The number of aromatic nitrogens is 3. The highest BCUT2D eigenvalue weighted by Crippen LogP contribution is 2.29. The van der Waals surface area contributed by atoms with E-state index in [1.165, 1.54) is 6.33 Å². The van der Waals surface area contributed by atoms with Gasteiger partial charge in [0.2, 0.25) is 5.91 Å². The van der Waals surface area contributed by atoms with Crippen molar-refractivity contribution in [3.63, 3.8) is 0 Å². The third kappa shape index (κ3) is 4.10. The largest absolute Gasteiger partial charge is 0.490 e. The number of hydrogen-bond acceptors (Lipinski definition) is 5. The smallest absolute Gasteiger partial charge is 0.247 e. The lowest BCUT2D eigenvalue weighted by Gasteiger charge is -2.33. The molecule has 1 aromatic heterocycles. The summed E-state index contributed by atoms with van der Waals surface area (Å²) in [5.74, 6) is 1.60. The van der Waals surface area contributed by atoms with Crippen LogP contribution in [0, 0.1) is 0 Å². The van der Waals surface area contributed by atoms with E-state index in [-0.39, 0.29) is 18.1 Å². The van der Waals surface area contributed by atoms with Crippen molar-refractivity contribution in [2.45, 2.75) is 38.8 Å². The van der Waals surface area contributed by atoms with Gasteiger partial charge in [0.1, 0.15) is 24.8 Å². The summed E-state index contributed by atoms with van der Waals surface area (Å²) in [5.41, 5.74) is 0. The normalized spacial score (nSPS) is 16.5. The number of amides is 1. The van der Waals surface area contributed by atoms with E-state index in [0.717, 1.165) is 24.3 Å². The van der Waals surface area contributed by atoms with E-state index in [0.29, 0.717) is 19.7 Å². The predicted molar refractivity (Wildman–Crippen MR) is 92.6 cm³/mol. The van der Waals surface area contributed by atoms with Gasteiger partial charge in [0.25, 0.3) is 0 Å². The molecule has 2 heterocycles. The molecule has 25 heavy (non-hydrogen) atoms. The van der Waals surface area contributed by atoms with Crippen LogP contribution in [-0.2, 0) is 4.79 Å². The molecule has 0 aliphatic carbocycles. The van der Waals surface area contributed by atoms with E-state index >= 15 is 0 Å². The number of likely N-dealkylation sites (tertiary alicyclic amines) is 1. The number of para-hydroxylation sites is 2. The van der Waals surface area contributed by atoms with Crippen LogP contribution in [0.3, 0.4) is 0 Å².